The van der Waals surface area contributed by atoms with Gasteiger partial charge in [0.15, 0.2) is 0 Å². The van der Waals surface area contributed by atoms with E-state index < -0.39 is 0 Å². The second-order valence-corrected chi connectivity index (χ2v) is 3.72. The van der Waals surface area contributed by atoms with E-state index in [0.717, 1.165) is 12.1 Å². The third-order valence-electron chi connectivity index (χ3n) is 2.35. The summed E-state index contributed by atoms with van der Waals surface area (Å²) in [7, 11) is 0. The molecule has 0 spiro atoms. The van der Waals surface area contributed by atoms with Crippen LogP contribution < -0.4 is 5.49 Å². The van der Waals surface area contributed by atoms with Gasteiger partial charge in [0.1, 0.15) is 5.49 Å². The van der Waals surface area contributed by atoms with Crippen molar-refractivity contribution in [1.29, 1.82) is 5.41 Å². The summed E-state index contributed by atoms with van der Waals surface area (Å²) in [4.78, 5) is 4.18. The van der Waals surface area contributed by atoms with Gasteiger partial charge >= 0.3 is 0 Å². The van der Waals surface area contributed by atoms with Crippen molar-refractivity contribution in [2.45, 2.75) is 6.42 Å². The molecule has 0 aliphatic carbocycles. The summed E-state index contributed by atoms with van der Waals surface area (Å²) in [6.07, 6.45) is 4.88. The summed E-state index contributed by atoms with van der Waals surface area (Å²) in [6.45, 7) is 0. The Kier molecular flexibility index (Phi) is 3.81. The van der Waals surface area contributed by atoms with E-state index in [1.54, 1.807) is 6.07 Å². The molecule has 1 aromatic carbocycles. The Morgan fingerprint density at radius 3 is 2.47 bits per heavy atom. The number of aromatic nitrogens is 1. The van der Waals surface area contributed by atoms with Gasteiger partial charge in [0.2, 0.25) is 0 Å². The average Bonchev–Trinajstić information content (AvgIpc) is 2.55. The van der Waals surface area contributed by atoms with E-state index in [1.807, 2.05) is 36.4 Å². The van der Waals surface area contributed by atoms with Crippen LogP contribution in [-0.4, -0.2) is 4.98 Å². The second kappa shape index (κ2) is 5.75. The van der Waals surface area contributed by atoms with E-state index in [-0.39, 0.29) is 0 Å². The van der Waals surface area contributed by atoms with Crippen molar-refractivity contribution in [3.8, 4) is 0 Å². The fourth-order valence-corrected chi connectivity index (χ4v) is 1.54. The highest BCUT2D eigenvalue weighted by atomic mass is 14.7. The lowest BCUT2D eigenvalue weighted by Gasteiger charge is -1.92. The van der Waals surface area contributed by atoms with Crippen molar-refractivity contribution >= 4 is 6.08 Å². The molecule has 0 aliphatic heterocycles. The summed E-state index contributed by atoms with van der Waals surface area (Å²) in [5.74, 6) is 0. The molecule has 0 amide bonds. The fourth-order valence-electron chi connectivity index (χ4n) is 1.54. The van der Waals surface area contributed by atoms with Crippen LogP contribution in [0.1, 0.15) is 11.3 Å². The molecule has 17 heavy (non-hydrogen) atoms. The lowest BCUT2D eigenvalue weighted by molar-refractivity contribution is 1.03. The van der Waals surface area contributed by atoms with Crippen LogP contribution >= 0.6 is 0 Å². The predicted octanol–water partition coefficient (Wildman–Crippen LogP) is 2.82. The molecule has 0 saturated carbocycles. The number of nitrogens with zero attached hydrogens (tertiary/aromatic N) is 1. The number of nitrogens with one attached hydrogen (secondary N) is 1. The van der Waals surface area contributed by atoms with Gasteiger partial charge in [-0.25, -0.2) is 4.98 Å². The molecule has 0 radical (unpaired) electrons. The molecule has 1 N–H and O–H groups in total. The van der Waals surface area contributed by atoms with Crippen LogP contribution in [0.4, 0.5) is 0 Å². The first-order chi connectivity index (χ1) is 8.34. The van der Waals surface area contributed by atoms with Crippen molar-refractivity contribution in [3.05, 3.63) is 77.4 Å². The standard InChI is InChI=1S/C15H14N2/c16-15-12-5-4-10-14(17-15)11-6-9-13-7-2-1-3-8-13/h1-10,12,16H,11H2. The average molecular weight is 222 g/mol. The summed E-state index contributed by atoms with van der Waals surface area (Å²) in [6, 6.07) is 17.5. The van der Waals surface area contributed by atoms with Crippen LogP contribution in [0.2, 0.25) is 0 Å². The van der Waals surface area contributed by atoms with E-state index >= 15 is 0 Å². The van der Waals surface area contributed by atoms with Crippen molar-refractivity contribution in [3.63, 3.8) is 0 Å². The molecule has 1 aromatic heterocycles. The largest absolute Gasteiger partial charge is 0.283 e. The molecule has 2 heteroatoms. The number of allylic oxidation sites excluding steroid dienone is 1. The zero-order chi connectivity index (χ0) is 11.9. The Balaban J connectivity index is 2.08. The van der Waals surface area contributed by atoms with E-state index in [0.29, 0.717) is 5.49 Å². The van der Waals surface area contributed by atoms with Gasteiger partial charge in [0.25, 0.3) is 0 Å². The molecular formula is C15H14N2. The number of benzene rings is 1. The first-order valence-electron chi connectivity index (χ1n) is 5.57. The Bertz CT molecular complexity index is 559. The summed E-state index contributed by atoms with van der Waals surface area (Å²) >= 11 is 0. The zero-order valence-electron chi connectivity index (χ0n) is 9.51. The third kappa shape index (κ3) is 3.68. The maximum absolute atomic E-state index is 7.52. The monoisotopic (exact) mass is 222 g/mol. The highest BCUT2D eigenvalue weighted by Gasteiger charge is 1.89. The number of rotatable bonds is 3. The van der Waals surface area contributed by atoms with E-state index in [4.69, 9.17) is 5.41 Å². The molecular weight excluding hydrogens is 208 g/mol. The minimum absolute atomic E-state index is 0.304. The van der Waals surface area contributed by atoms with E-state index in [2.05, 4.69) is 29.3 Å². The lowest BCUT2D eigenvalue weighted by atomic mass is 10.2. The van der Waals surface area contributed by atoms with Gasteiger partial charge in [-0.05, 0) is 17.7 Å². The molecule has 0 atom stereocenters. The van der Waals surface area contributed by atoms with Gasteiger partial charge in [0.05, 0.1) is 0 Å². The molecule has 84 valence electrons. The Labute approximate surface area is 101 Å². The van der Waals surface area contributed by atoms with E-state index in [1.165, 1.54) is 5.56 Å². The van der Waals surface area contributed by atoms with Gasteiger partial charge < -0.3 is 0 Å². The highest BCUT2D eigenvalue weighted by Crippen LogP contribution is 2.02. The van der Waals surface area contributed by atoms with Gasteiger partial charge in [-0.3, -0.25) is 5.41 Å². The third-order valence-corrected chi connectivity index (χ3v) is 2.35. The zero-order valence-corrected chi connectivity index (χ0v) is 9.51. The summed E-state index contributed by atoms with van der Waals surface area (Å²) < 4.78 is 0. The van der Waals surface area contributed by atoms with Crippen molar-refractivity contribution in [2.75, 3.05) is 0 Å². The SMILES string of the molecule is N=c1ccccc(CC=Cc2ccccc2)n1. The molecule has 0 fully saturated rings. The van der Waals surface area contributed by atoms with Crippen molar-refractivity contribution < 1.29 is 0 Å². The van der Waals surface area contributed by atoms with Gasteiger partial charge in [-0.15, -0.1) is 0 Å². The topological polar surface area (TPSA) is 36.7 Å². The number of hydrogen-bond acceptors (Lipinski definition) is 2. The van der Waals surface area contributed by atoms with Crippen LogP contribution in [0.15, 0.2) is 60.7 Å². The Hall–Kier alpha value is -2.22. The smallest absolute Gasteiger partial charge is 0.144 e. The molecule has 0 saturated heterocycles. The molecule has 2 nitrogen and oxygen atoms in total. The molecule has 1 heterocycles. The fraction of sp³-hybridized carbons (Fsp3) is 0.0667. The number of hydrogen-bond donors (Lipinski definition) is 1. The molecule has 0 aliphatic rings. The lowest BCUT2D eigenvalue weighted by Crippen LogP contribution is -2.01. The molecule has 0 bridgehead atoms. The van der Waals surface area contributed by atoms with Crippen LogP contribution in [-0.2, 0) is 6.42 Å². The van der Waals surface area contributed by atoms with Gasteiger partial charge in [0, 0.05) is 12.1 Å². The van der Waals surface area contributed by atoms with Crippen molar-refractivity contribution in [1.82, 2.24) is 4.98 Å². The molecule has 2 aromatic rings. The molecule has 0 unspecified atom stereocenters. The first kappa shape index (κ1) is 11.3. The second-order valence-electron chi connectivity index (χ2n) is 3.72. The highest BCUT2D eigenvalue weighted by molar-refractivity contribution is 5.48. The van der Waals surface area contributed by atoms with Crippen LogP contribution in [0, 0.1) is 5.41 Å². The van der Waals surface area contributed by atoms with E-state index in [9.17, 15) is 0 Å². The van der Waals surface area contributed by atoms with Crippen LogP contribution in [0.3, 0.4) is 0 Å². The first-order valence-corrected chi connectivity index (χ1v) is 5.57. The molecule has 2 rings (SSSR count). The minimum atomic E-state index is 0.304. The minimum Gasteiger partial charge on any atom is -0.283 e. The van der Waals surface area contributed by atoms with Gasteiger partial charge in [-0.2, -0.15) is 0 Å². The van der Waals surface area contributed by atoms with Crippen LogP contribution in [0.25, 0.3) is 6.08 Å². The maximum atomic E-state index is 7.52. The summed E-state index contributed by atoms with van der Waals surface area (Å²) in [5, 5.41) is 7.52. The van der Waals surface area contributed by atoms with Crippen molar-refractivity contribution in [2.24, 2.45) is 0 Å². The Morgan fingerprint density at radius 2 is 1.65 bits per heavy atom. The predicted molar refractivity (Wildman–Crippen MR) is 69.3 cm³/mol. The quantitative estimate of drug-likeness (QED) is 0.851. The normalized spacial score (nSPS) is 10.6. The maximum Gasteiger partial charge on any atom is 0.144 e. The summed E-state index contributed by atoms with van der Waals surface area (Å²) in [5.41, 5.74) is 2.39. The Morgan fingerprint density at radius 1 is 0.941 bits per heavy atom. The van der Waals surface area contributed by atoms with Gasteiger partial charge in [-0.1, -0.05) is 54.6 Å². The van der Waals surface area contributed by atoms with Crippen LogP contribution in [0.5, 0.6) is 0 Å².